The van der Waals surface area contributed by atoms with Crippen molar-refractivity contribution in [1.82, 2.24) is 9.66 Å². The summed E-state index contributed by atoms with van der Waals surface area (Å²) < 4.78 is 48.9. The Morgan fingerprint density at radius 3 is 2.37 bits per heavy atom. The average Bonchev–Trinajstić information content (AvgIpc) is 2.65. The van der Waals surface area contributed by atoms with Crippen molar-refractivity contribution in [3.05, 3.63) is 70.3 Å². The number of alkyl halides is 2. The molecule has 0 unspecified atom stereocenters. The lowest BCUT2D eigenvalue weighted by atomic mass is 10.2. The van der Waals surface area contributed by atoms with Gasteiger partial charge in [-0.15, -0.1) is 0 Å². The van der Waals surface area contributed by atoms with Gasteiger partial charge in [-0.05, 0) is 43.3 Å². The Kier molecular flexibility index (Phi) is 4.75. The van der Waals surface area contributed by atoms with Crippen molar-refractivity contribution in [2.24, 2.45) is 0 Å². The average molecular weight is 393 g/mol. The van der Waals surface area contributed by atoms with Crippen molar-refractivity contribution in [2.75, 3.05) is 5.43 Å². The highest BCUT2D eigenvalue weighted by molar-refractivity contribution is 7.91. The van der Waals surface area contributed by atoms with Crippen molar-refractivity contribution in [2.45, 2.75) is 17.6 Å². The SMILES string of the molecule is Cc1nc2ccccc2c(=O)n1NC(=O)c1ccc(S(=O)(=O)C(F)F)cc1. The lowest BCUT2D eigenvalue weighted by molar-refractivity contribution is 0.101. The number of sulfone groups is 1. The van der Waals surface area contributed by atoms with E-state index in [9.17, 15) is 26.8 Å². The first kappa shape index (κ1) is 18.6. The number of nitrogens with zero attached hydrogens (tertiary/aromatic N) is 2. The van der Waals surface area contributed by atoms with E-state index in [0.717, 1.165) is 28.9 Å². The normalized spacial score (nSPS) is 11.7. The molecule has 0 saturated carbocycles. The number of hydrogen-bond acceptors (Lipinski definition) is 5. The summed E-state index contributed by atoms with van der Waals surface area (Å²) in [5.41, 5.74) is 2.36. The van der Waals surface area contributed by atoms with Crippen molar-refractivity contribution in [3.63, 3.8) is 0 Å². The fourth-order valence-electron chi connectivity index (χ4n) is 2.44. The molecule has 3 rings (SSSR count). The molecule has 0 radical (unpaired) electrons. The maximum Gasteiger partial charge on any atom is 0.341 e. The molecule has 0 aliphatic heterocycles. The molecule has 1 N–H and O–H groups in total. The van der Waals surface area contributed by atoms with Crippen LogP contribution in [-0.2, 0) is 9.84 Å². The molecular weight excluding hydrogens is 380 g/mol. The van der Waals surface area contributed by atoms with Crippen LogP contribution in [0.4, 0.5) is 8.78 Å². The van der Waals surface area contributed by atoms with E-state index in [2.05, 4.69) is 10.4 Å². The summed E-state index contributed by atoms with van der Waals surface area (Å²) in [6, 6.07) is 10.6. The van der Waals surface area contributed by atoms with E-state index >= 15 is 0 Å². The lowest BCUT2D eigenvalue weighted by Gasteiger charge is -2.12. The summed E-state index contributed by atoms with van der Waals surface area (Å²) in [5.74, 6) is -4.04. The number of para-hydroxylation sites is 1. The van der Waals surface area contributed by atoms with Crippen LogP contribution in [0.3, 0.4) is 0 Å². The largest absolute Gasteiger partial charge is 0.341 e. The number of hydrogen-bond donors (Lipinski definition) is 1. The number of aryl methyl sites for hydroxylation is 1. The first-order valence-corrected chi connectivity index (χ1v) is 9.18. The molecule has 0 atom stereocenters. The smallest absolute Gasteiger partial charge is 0.267 e. The maximum atomic E-state index is 12.5. The second-order valence-electron chi connectivity index (χ2n) is 5.59. The van der Waals surface area contributed by atoms with Gasteiger partial charge in [-0.3, -0.25) is 15.0 Å². The molecule has 0 saturated heterocycles. The molecule has 1 heterocycles. The summed E-state index contributed by atoms with van der Waals surface area (Å²) >= 11 is 0. The fraction of sp³-hybridized carbons (Fsp3) is 0.118. The molecule has 0 bridgehead atoms. The molecular formula is C17H13F2N3O4S. The molecule has 0 aliphatic rings. The molecule has 2 aromatic carbocycles. The van der Waals surface area contributed by atoms with Crippen LogP contribution < -0.4 is 11.0 Å². The molecule has 0 spiro atoms. The van der Waals surface area contributed by atoms with Crippen molar-refractivity contribution >= 4 is 26.6 Å². The Morgan fingerprint density at radius 2 is 1.74 bits per heavy atom. The summed E-state index contributed by atoms with van der Waals surface area (Å²) in [6.45, 7) is 1.53. The van der Waals surface area contributed by atoms with E-state index < -0.39 is 32.0 Å². The Labute approximate surface area is 152 Å². The van der Waals surface area contributed by atoms with Crippen molar-refractivity contribution in [1.29, 1.82) is 0 Å². The van der Waals surface area contributed by atoms with E-state index in [4.69, 9.17) is 0 Å². The number of aromatic nitrogens is 2. The van der Waals surface area contributed by atoms with Gasteiger partial charge in [0.2, 0.25) is 9.84 Å². The quantitative estimate of drug-likeness (QED) is 0.732. The van der Waals surface area contributed by atoms with Gasteiger partial charge in [-0.2, -0.15) is 8.78 Å². The highest BCUT2D eigenvalue weighted by Gasteiger charge is 2.26. The van der Waals surface area contributed by atoms with Crippen molar-refractivity contribution < 1.29 is 22.0 Å². The lowest BCUT2D eigenvalue weighted by Crippen LogP contribution is -2.35. The summed E-state index contributed by atoms with van der Waals surface area (Å²) in [4.78, 5) is 28.5. The van der Waals surface area contributed by atoms with Crippen LogP contribution in [0.15, 0.2) is 58.2 Å². The highest BCUT2D eigenvalue weighted by Crippen LogP contribution is 2.18. The zero-order valence-corrected chi connectivity index (χ0v) is 14.7. The highest BCUT2D eigenvalue weighted by atomic mass is 32.2. The third kappa shape index (κ3) is 3.43. The molecule has 0 aliphatic carbocycles. The van der Waals surface area contributed by atoms with Crippen LogP contribution in [0.2, 0.25) is 0 Å². The van der Waals surface area contributed by atoms with Gasteiger partial charge in [0, 0.05) is 5.56 Å². The molecule has 3 aromatic rings. The Balaban J connectivity index is 1.92. The predicted molar refractivity (Wildman–Crippen MR) is 94.1 cm³/mol. The summed E-state index contributed by atoms with van der Waals surface area (Å²) in [5, 5.41) is 0.307. The predicted octanol–water partition coefficient (Wildman–Crippen LogP) is 2.09. The first-order valence-electron chi connectivity index (χ1n) is 7.63. The maximum absolute atomic E-state index is 12.5. The van der Waals surface area contributed by atoms with Gasteiger partial charge in [0.25, 0.3) is 11.5 Å². The molecule has 10 heteroatoms. The standard InChI is InChI=1S/C17H13F2N3O4S/c1-10-20-14-5-3-2-4-13(14)16(24)22(10)21-15(23)11-6-8-12(9-7-11)27(25,26)17(18)19/h2-9,17H,1H3,(H,21,23). The van der Waals surface area contributed by atoms with Crippen molar-refractivity contribution in [3.8, 4) is 0 Å². The number of amides is 1. The zero-order chi connectivity index (χ0) is 19.8. The molecule has 0 fully saturated rings. The second kappa shape index (κ2) is 6.88. The molecule has 7 nitrogen and oxygen atoms in total. The first-order chi connectivity index (χ1) is 12.7. The Bertz CT molecular complexity index is 1190. The minimum atomic E-state index is -4.75. The zero-order valence-electron chi connectivity index (χ0n) is 13.9. The Hall–Kier alpha value is -3.14. The minimum absolute atomic E-state index is 0.0114. The number of carbonyl (C=O) groups is 1. The van der Waals surface area contributed by atoms with Gasteiger partial charge in [0.1, 0.15) is 5.82 Å². The number of fused-ring (bicyclic) bond motifs is 1. The van der Waals surface area contributed by atoms with Crippen LogP contribution in [0, 0.1) is 6.92 Å². The van der Waals surface area contributed by atoms with Crippen LogP contribution in [0.1, 0.15) is 16.2 Å². The number of carbonyl (C=O) groups excluding carboxylic acids is 1. The van der Waals surface area contributed by atoms with E-state index in [0.29, 0.717) is 10.9 Å². The monoisotopic (exact) mass is 393 g/mol. The van der Waals surface area contributed by atoms with Gasteiger partial charge < -0.3 is 0 Å². The Morgan fingerprint density at radius 1 is 1.11 bits per heavy atom. The number of halogens is 2. The van der Waals surface area contributed by atoms with Crippen LogP contribution in [-0.4, -0.2) is 29.7 Å². The van der Waals surface area contributed by atoms with Gasteiger partial charge >= 0.3 is 5.76 Å². The van der Waals surface area contributed by atoms with Gasteiger partial charge in [0.05, 0.1) is 15.8 Å². The van der Waals surface area contributed by atoms with Gasteiger partial charge in [0.15, 0.2) is 0 Å². The van der Waals surface area contributed by atoms with E-state index in [-0.39, 0.29) is 11.4 Å². The van der Waals surface area contributed by atoms with E-state index in [1.807, 2.05) is 0 Å². The summed E-state index contributed by atoms with van der Waals surface area (Å²) in [7, 11) is -4.75. The van der Waals surface area contributed by atoms with Crippen LogP contribution in [0.25, 0.3) is 10.9 Å². The minimum Gasteiger partial charge on any atom is -0.267 e. The van der Waals surface area contributed by atoms with Crippen LogP contribution >= 0.6 is 0 Å². The third-order valence-electron chi connectivity index (χ3n) is 3.84. The van der Waals surface area contributed by atoms with E-state index in [1.54, 1.807) is 24.3 Å². The fourth-order valence-corrected chi connectivity index (χ4v) is 3.16. The summed E-state index contributed by atoms with van der Waals surface area (Å²) in [6.07, 6.45) is 0. The van der Waals surface area contributed by atoms with Gasteiger partial charge in [-0.25, -0.2) is 18.1 Å². The molecule has 1 aromatic heterocycles. The third-order valence-corrected chi connectivity index (χ3v) is 5.23. The van der Waals surface area contributed by atoms with Crippen LogP contribution in [0.5, 0.6) is 0 Å². The van der Waals surface area contributed by atoms with E-state index in [1.165, 1.54) is 6.92 Å². The number of benzene rings is 2. The second-order valence-corrected chi connectivity index (χ2v) is 7.51. The number of nitrogens with one attached hydrogen (secondary N) is 1. The molecule has 27 heavy (non-hydrogen) atoms. The molecule has 140 valence electrons. The van der Waals surface area contributed by atoms with Gasteiger partial charge in [-0.1, -0.05) is 12.1 Å². The topological polar surface area (TPSA) is 98.1 Å². The molecule has 1 amide bonds. The number of rotatable bonds is 4.